The molecule has 2 aromatic rings. The van der Waals surface area contributed by atoms with Crippen LogP contribution in [0.25, 0.3) is 17.2 Å². The van der Waals surface area contributed by atoms with Crippen LogP contribution in [0.1, 0.15) is 12.5 Å². The highest BCUT2D eigenvalue weighted by atomic mass is 35.5. The van der Waals surface area contributed by atoms with E-state index in [1.807, 2.05) is 24.3 Å². The Labute approximate surface area is 138 Å². The third kappa shape index (κ3) is 4.11. The van der Waals surface area contributed by atoms with Gasteiger partial charge in [0.05, 0.1) is 5.02 Å². The number of carbonyl (C=O) groups is 1. The first-order chi connectivity index (χ1) is 10.9. The van der Waals surface area contributed by atoms with E-state index in [1.165, 1.54) is 6.07 Å². The summed E-state index contributed by atoms with van der Waals surface area (Å²) in [4.78, 5) is 11.9. The van der Waals surface area contributed by atoms with Crippen LogP contribution in [-0.4, -0.2) is 17.0 Å². The van der Waals surface area contributed by atoms with E-state index in [0.717, 1.165) is 16.7 Å². The number of nitrogens with two attached hydrogens (primary N) is 1. The predicted octanol–water partition coefficient (Wildman–Crippen LogP) is 3.13. The van der Waals surface area contributed by atoms with Crippen molar-refractivity contribution >= 4 is 29.5 Å². The first-order valence-electron chi connectivity index (χ1n) is 6.80. The number of hydrogen-bond donors (Lipinski definition) is 4. The fourth-order valence-corrected chi connectivity index (χ4v) is 2.39. The number of aromatic hydroxyl groups is 1. The molecule has 0 spiro atoms. The molecule has 0 saturated carbocycles. The number of rotatable bonds is 3. The molecule has 23 heavy (non-hydrogen) atoms. The quantitative estimate of drug-likeness (QED) is 0.395. The van der Waals surface area contributed by atoms with Crippen molar-refractivity contribution in [2.45, 2.75) is 6.92 Å². The van der Waals surface area contributed by atoms with E-state index in [9.17, 15) is 9.90 Å². The van der Waals surface area contributed by atoms with Gasteiger partial charge in [-0.05, 0) is 42.3 Å². The standard InChI is InChI=1S/C17H16ClN3O2/c1-10(16(23)21-17(19)20)8-11-4-2-3-5-13(11)14-7-6-12(22)9-15(14)18/h2-9,22H,1H3,(H4,19,20,21,23)/b10-8+. The lowest BCUT2D eigenvalue weighted by molar-refractivity contribution is -0.116. The molecule has 0 unspecified atom stereocenters. The molecule has 0 aliphatic rings. The SMILES string of the molecule is C/C(=C\c1ccccc1-c1ccc(O)cc1Cl)C(=O)NC(=N)N. The highest BCUT2D eigenvalue weighted by Gasteiger charge is 2.10. The molecule has 0 fully saturated rings. The Bertz CT molecular complexity index is 800. The van der Waals surface area contributed by atoms with Gasteiger partial charge in [-0.3, -0.25) is 15.5 Å². The molecule has 2 aromatic carbocycles. The topological polar surface area (TPSA) is 99.2 Å². The Morgan fingerprint density at radius 3 is 2.61 bits per heavy atom. The first kappa shape index (κ1) is 16.6. The van der Waals surface area contributed by atoms with E-state index < -0.39 is 11.9 Å². The highest BCUT2D eigenvalue weighted by Crippen LogP contribution is 2.33. The van der Waals surface area contributed by atoms with Crippen LogP contribution in [0.15, 0.2) is 48.0 Å². The van der Waals surface area contributed by atoms with E-state index >= 15 is 0 Å². The van der Waals surface area contributed by atoms with Gasteiger partial charge in [0.15, 0.2) is 5.96 Å². The summed E-state index contributed by atoms with van der Waals surface area (Å²) in [5, 5.41) is 19.2. The number of phenolic OH excluding ortho intramolecular Hbond substituents is 1. The normalized spacial score (nSPS) is 11.1. The van der Waals surface area contributed by atoms with Crippen molar-refractivity contribution in [3.8, 4) is 16.9 Å². The van der Waals surface area contributed by atoms with Crippen molar-refractivity contribution in [3.63, 3.8) is 0 Å². The summed E-state index contributed by atoms with van der Waals surface area (Å²) in [5.74, 6) is -0.759. The summed E-state index contributed by atoms with van der Waals surface area (Å²) in [6.07, 6.45) is 1.69. The molecule has 0 aromatic heterocycles. The molecule has 118 valence electrons. The molecule has 5 N–H and O–H groups in total. The van der Waals surface area contributed by atoms with Gasteiger partial charge < -0.3 is 10.8 Å². The molecule has 6 heteroatoms. The molecule has 0 atom stereocenters. The van der Waals surface area contributed by atoms with Gasteiger partial charge in [0, 0.05) is 11.1 Å². The van der Waals surface area contributed by atoms with Crippen molar-refractivity contribution in [2.24, 2.45) is 5.73 Å². The second-order valence-electron chi connectivity index (χ2n) is 4.95. The van der Waals surface area contributed by atoms with E-state index in [0.29, 0.717) is 10.6 Å². The minimum Gasteiger partial charge on any atom is -0.508 e. The maximum Gasteiger partial charge on any atom is 0.253 e. The van der Waals surface area contributed by atoms with Crippen LogP contribution in [0.5, 0.6) is 5.75 Å². The molecule has 5 nitrogen and oxygen atoms in total. The van der Waals surface area contributed by atoms with E-state index in [4.69, 9.17) is 22.7 Å². The van der Waals surface area contributed by atoms with Crippen LogP contribution in [-0.2, 0) is 4.79 Å². The summed E-state index contributed by atoms with van der Waals surface area (Å²) in [7, 11) is 0. The van der Waals surface area contributed by atoms with Crippen LogP contribution in [0.3, 0.4) is 0 Å². The second kappa shape index (κ2) is 6.98. The van der Waals surface area contributed by atoms with Gasteiger partial charge >= 0.3 is 0 Å². The van der Waals surface area contributed by atoms with Crippen LogP contribution >= 0.6 is 11.6 Å². The van der Waals surface area contributed by atoms with Gasteiger partial charge in [-0.2, -0.15) is 0 Å². The zero-order valence-corrected chi connectivity index (χ0v) is 13.2. The third-order valence-corrected chi connectivity index (χ3v) is 3.49. The lowest BCUT2D eigenvalue weighted by Crippen LogP contribution is -2.36. The average molecular weight is 330 g/mol. The first-order valence-corrected chi connectivity index (χ1v) is 7.18. The molecule has 2 rings (SSSR count). The number of phenols is 1. The second-order valence-corrected chi connectivity index (χ2v) is 5.35. The van der Waals surface area contributed by atoms with Crippen molar-refractivity contribution < 1.29 is 9.90 Å². The Hall–Kier alpha value is -2.79. The van der Waals surface area contributed by atoms with E-state index in [1.54, 1.807) is 25.1 Å². The van der Waals surface area contributed by atoms with Crippen molar-refractivity contribution in [2.75, 3.05) is 0 Å². The lowest BCUT2D eigenvalue weighted by atomic mass is 9.98. The fraction of sp³-hybridized carbons (Fsp3) is 0.0588. The summed E-state index contributed by atoms with van der Waals surface area (Å²) >= 11 is 6.20. The van der Waals surface area contributed by atoms with Crippen LogP contribution < -0.4 is 11.1 Å². The van der Waals surface area contributed by atoms with Crippen molar-refractivity contribution in [1.82, 2.24) is 5.32 Å². The number of halogens is 1. The van der Waals surface area contributed by atoms with Crippen LogP contribution in [0, 0.1) is 5.41 Å². The Balaban J connectivity index is 2.45. The Morgan fingerprint density at radius 1 is 1.26 bits per heavy atom. The predicted molar refractivity (Wildman–Crippen MR) is 92.3 cm³/mol. The monoisotopic (exact) mass is 329 g/mol. The molecule has 0 radical (unpaired) electrons. The van der Waals surface area contributed by atoms with Gasteiger partial charge in [0.1, 0.15) is 5.75 Å². The third-order valence-electron chi connectivity index (χ3n) is 3.18. The van der Waals surface area contributed by atoms with Gasteiger partial charge in [-0.25, -0.2) is 0 Å². The molecular formula is C17H16ClN3O2. The zero-order chi connectivity index (χ0) is 17.0. The Kier molecular flexibility index (Phi) is 5.03. The van der Waals surface area contributed by atoms with Gasteiger partial charge in [0.25, 0.3) is 5.91 Å². The van der Waals surface area contributed by atoms with E-state index in [2.05, 4.69) is 5.32 Å². The number of guanidine groups is 1. The molecule has 0 aliphatic heterocycles. The van der Waals surface area contributed by atoms with Gasteiger partial charge in [-0.15, -0.1) is 0 Å². The maximum atomic E-state index is 11.9. The van der Waals surface area contributed by atoms with E-state index in [-0.39, 0.29) is 5.75 Å². The summed E-state index contributed by atoms with van der Waals surface area (Å²) < 4.78 is 0. The minimum absolute atomic E-state index is 0.0868. The van der Waals surface area contributed by atoms with Gasteiger partial charge in [0.2, 0.25) is 0 Å². The summed E-state index contributed by atoms with van der Waals surface area (Å²) in [6, 6.07) is 12.2. The minimum atomic E-state index is -0.441. The number of hydrogen-bond acceptors (Lipinski definition) is 3. The summed E-state index contributed by atoms with van der Waals surface area (Å²) in [6.45, 7) is 1.63. The van der Waals surface area contributed by atoms with Crippen molar-refractivity contribution in [1.29, 1.82) is 5.41 Å². The number of benzene rings is 2. The Morgan fingerprint density at radius 2 is 1.96 bits per heavy atom. The molecule has 0 aliphatic carbocycles. The molecule has 0 bridgehead atoms. The molecule has 0 heterocycles. The molecule has 0 saturated heterocycles. The fourth-order valence-electron chi connectivity index (χ4n) is 2.11. The van der Waals surface area contributed by atoms with Crippen LogP contribution in [0.2, 0.25) is 5.02 Å². The largest absolute Gasteiger partial charge is 0.508 e. The lowest BCUT2D eigenvalue weighted by Gasteiger charge is -2.10. The zero-order valence-electron chi connectivity index (χ0n) is 12.4. The summed E-state index contributed by atoms with van der Waals surface area (Å²) in [5.41, 5.74) is 7.93. The number of nitrogens with one attached hydrogen (secondary N) is 2. The van der Waals surface area contributed by atoms with Crippen LogP contribution in [0.4, 0.5) is 0 Å². The number of carbonyl (C=O) groups excluding carboxylic acids is 1. The van der Waals surface area contributed by atoms with Gasteiger partial charge in [-0.1, -0.05) is 35.9 Å². The number of amides is 1. The maximum absolute atomic E-state index is 11.9. The molecular weight excluding hydrogens is 314 g/mol. The smallest absolute Gasteiger partial charge is 0.253 e. The average Bonchev–Trinajstić information content (AvgIpc) is 2.47. The highest BCUT2D eigenvalue weighted by molar-refractivity contribution is 6.33. The van der Waals surface area contributed by atoms with Crippen molar-refractivity contribution in [3.05, 3.63) is 58.6 Å². The molecule has 1 amide bonds.